The zero-order valence-corrected chi connectivity index (χ0v) is 22.7. The molecule has 2 aromatic rings. The van der Waals surface area contributed by atoms with Crippen LogP contribution in [0.2, 0.25) is 5.02 Å². The topological polar surface area (TPSA) is 96.0 Å². The minimum Gasteiger partial charge on any atom is -0.495 e. The van der Waals surface area contributed by atoms with Crippen LogP contribution in [0.15, 0.2) is 42.5 Å². The largest absolute Gasteiger partial charge is 0.495 e. The van der Waals surface area contributed by atoms with Gasteiger partial charge in [-0.3, -0.25) is 13.9 Å². The van der Waals surface area contributed by atoms with Gasteiger partial charge in [-0.1, -0.05) is 37.6 Å². The number of nitrogens with one attached hydrogen (secondary N) is 1. The third kappa shape index (κ3) is 7.83. The van der Waals surface area contributed by atoms with Gasteiger partial charge in [-0.05, 0) is 55.7 Å². The second kappa shape index (κ2) is 12.9. The van der Waals surface area contributed by atoms with Crippen molar-refractivity contribution < 1.29 is 27.1 Å². The number of anilines is 1. The van der Waals surface area contributed by atoms with Gasteiger partial charge in [-0.25, -0.2) is 12.8 Å². The summed E-state index contributed by atoms with van der Waals surface area (Å²) in [5, 5.41) is 3.15. The zero-order valence-electron chi connectivity index (χ0n) is 21.1. The molecule has 1 N–H and O–H groups in total. The highest BCUT2D eigenvalue weighted by Crippen LogP contribution is 2.33. The Balaban J connectivity index is 2.50. The lowest BCUT2D eigenvalue weighted by Crippen LogP contribution is -2.53. The first-order valence-corrected chi connectivity index (χ1v) is 13.8. The maximum atomic E-state index is 13.7. The van der Waals surface area contributed by atoms with Gasteiger partial charge in [0.2, 0.25) is 21.8 Å². The second-order valence-corrected chi connectivity index (χ2v) is 10.8. The molecule has 0 spiro atoms. The molecule has 36 heavy (non-hydrogen) atoms. The van der Waals surface area contributed by atoms with E-state index in [9.17, 15) is 22.4 Å². The number of nitrogens with zero attached hydrogens (tertiary/aromatic N) is 2. The Morgan fingerprint density at radius 2 is 1.75 bits per heavy atom. The Labute approximate surface area is 217 Å². The van der Waals surface area contributed by atoms with E-state index >= 15 is 0 Å². The lowest BCUT2D eigenvalue weighted by atomic mass is 10.1. The van der Waals surface area contributed by atoms with Crippen molar-refractivity contribution in [2.24, 2.45) is 0 Å². The quantitative estimate of drug-likeness (QED) is 0.438. The summed E-state index contributed by atoms with van der Waals surface area (Å²) in [4.78, 5) is 28.1. The Morgan fingerprint density at radius 3 is 2.28 bits per heavy atom. The third-order valence-corrected chi connectivity index (χ3v) is 7.10. The van der Waals surface area contributed by atoms with Crippen LogP contribution < -0.4 is 14.4 Å². The lowest BCUT2D eigenvalue weighted by molar-refractivity contribution is -0.140. The van der Waals surface area contributed by atoms with Crippen LogP contribution in [0.3, 0.4) is 0 Å². The molecule has 0 saturated carbocycles. The first kappa shape index (κ1) is 29.4. The fourth-order valence-electron chi connectivity index (χ4n) is 3.60. The number of amides is 2. The number of carbonyl (C=O) groups is 2. The first-order valence-electron chi connectivity index (χ1n) is 11.6. The molecular formula is C25H33ClFN3O5S. The molecular weight excluding hydrogens is 509 g/mol. The van der Waals surface area contributed by atoms with Crippen LogP contribution >= 0.6 is 11.6 Å². The summed E-state index contributed by atoms with van der Waals surface area (Å²) in [5.41, 5.74) is 0.686. The normalized spacial score (nSPS) is 13.0. The second-order valence-electron chi connectivity index (χ2n) is 8.48. The number of carbonyl (C=O) groups excluding carboxylic acids is 2. The average molecular weight is 542 g/mol. The van der Waals surface area contributed by atoms with Gasteiger partial charge in [-0.15, -0.1) is 0 Å². The van der Waals surface area contributed by atoms with Crippen molar-refractivity contribution in [1.29, 1.82) is 0 Å². The van der Waals surface area contributed by atoms with Gasteiger partial charge in [0.25, 0.3) is 0 Å². The maximum absolute atomic E-state index is 13.7. The number of ether oxygens (including phenoxy) is 1. The van der Waals surface area contributed by atoms with Crippen molar-refractivity contribution in [3.63, 3.8) is 0 Å². The van der Waals surface area contributed by atoms with Gasteiger partial charge < -0.3 is 15.0 Å². The molecule has 11 heteroatoms. The summed E-state index contributed by atoms with van der Waals surface area (Å²) >= 11 is 6.11. The summed E-state index contributed by atoms with van der Waals surface area (Å²) in [6, 6.07) is 9.01. The van der Waals surface area contributed by atoms with Gasteiger partial charge in [0.15, 0.2) is 0 Å². The van der Waals surface area contributed by atoms with Gasteiger partial charge in [0.1, 0.15) is 24.2 Å². The third-order valence-electron chi connectivity index (χ3n) is 5.74. The van der Waals surface area contributed by atoms with Crippen LogP contribution in [0.25, 0.3) is 0 Å². The van der Waals surface area contributed by atoms with E-state index in [1.54, 1.807) is 13.0 Å². The van der Waals surface area contributed by atoms with Crippen molar-refractivity contribution in [3.8, 4) is 5.75 Å². The molecule has 2 aromatic carbocycles. The highest BCUT2D eigenvalue weighted by atomic mass is 35.5. The molecule has 2 atom stereocenters. The Kier molecular flexibility index (Phi) is 10.5. The summed E-state index contributed by atoms with van der Waals surface area (Å²) in [6.45, 7) is 4.93. The maximum Gasteiger partial charge on any atom is 0.244 e. The van der Waals surface area contributed by atoms with E-state index in [0.717, 1.165) is 10.6 Å². The highest BCUT2D eigenvalue weighted by molar-refractivity contribution is 7.92. The molecule has 2 amide bonds. The molecule has 0 unspecified atom stereocenters. The number of rotatable bonds is 12. The highest BCUT2D eigenvalue weighted by Gasteiger charge is 2.33. The molecule has 0 fully saturated rings. The van der Waals surface area contributed by atoms with Crippen LogP contribution in [-0.4, -0.2) is 57.1 Å². The van der Waals surface area contributed by atoms with Crippen LogP contribution in [0.5, 0.6) is 5.75 Å². The number of methoxy groups -OCH3 is 1. The molecule has 0 aliphatic rings. The Hall–Kier alpha value is -2.85. The van der Waals surface area contributed by atoms with Crippen molar-refractivity contribution >= 4 is 39.1 Å². The van der Waals surface area contributed by atoms with Gasteiger partial charge >= 0.3 is 0 Å². The molecule has 2 rings (SSSR count). The van der Waals surface area contributed by atoms with Crippen LogP contribution in [0, 0.1) is 5.82 Å². The van der Waals surface area contributed by atoms with E-state index in [2.05, 4.69) is 5.32 Å². The molecule has 0 aliphatic carbocycles. The predicted octanol–water partition coefficient (Wildman–Crippen LogP) is 3.98. The fraction of sp³-hybridized carbons (Fsp3) is 0.440. The zero-order chi connectivity index (χ0) is 27.0. The van der Waals surface area contributed by atoms with Crippen LogP contribution in [0.4, 0.5) is 10.1 Å². The molecule has 0 bridgehead atoms. The number of sulfonamides is 1. The number of halogens is 2. The van der Waals surface area contributed by atoms with Crippen molar-refractivity contribution in [2.45, 2.75) is 52.2 Å². The van der Waals surface area contributed by atoms with Crippen LogP contribution in [0.1, 0.15) is 39.2 Å². The van der Waals surface area contributed by atoms with Crippen molar-refractivity contribution in [3.05, 3.63) is 58.9 Å². The van der Waals surface area contributed by atoms with E-state index in [4.69, 9.17) is 16.3 Å². The smallest absolute Gasteiger partial charge is 0.244 e. The molecule has 198 valence electrons. The van der Waals surface area contributed by atoms with E-state index in [-0.39, 0.29) is 41.4 Å². The van der Waals surface area contributed by atoms with Gasteiger partial charge in [0, 0.05) is 17.6 Å². The molecule has 0 heterocycles. The predicted molar refractivity (Wildman–Crippen MR) is 139 cm³/mol. The summed E-state index contributed by atoms with van der Waals surface area (Å²) in [5.74, 6) is -1.19. The fourth-order valence-corrected chi connectivity index (χ4v) is 4.61. The van der Waals surface area contributed by atoms with Crippen LogP contribution in [-0.2, 0) is 26.2 Å². The molecule has 8 nitrogen and oxygen atoms in total. The number of benzene rings is 2. The molecule has 0 radical (unpaired) electrons. The SMILES string of the molecule is CC[C@@H](C)NC(=O)[C@H](CC)N(Cc1ccc(F)cc1)C(=O)CN(c1cc(Cl)ccc1OC)S(C)(=O)=O. The van der Waals surface area contributed by atoms with E-state index in [1.807, 2.05) is 13.8 Å². The van der Waals surface area contributed by atoms with Gasteiger partial charge in [-0.2, -0.15) is 0 Å². The summed E-state index contributed by atoms with van der Waals surface area (Å²) < 4.78 is 45.2. The lowest BCUT2D eigenvalue weighted by Gasteiger charge is -2.33. The number of hydrogen-bond donors (Lipinski definition) is 1. The standard InChI is InChI=1S/C25H33ClFN3O5S/c1-6-17(3)28-25(32)21(7-2)29(15-18-8-11-20(27)12-9-18)24(31)16-30(36(5,33)34)22-14-19(26)10-13-23(22)35-4/h8-14,17,21H,6-7,15-16H2,1-5H3,(H,28,32)/t17-,21+/m1/s1. The average Bonchev–Trinajstić information content (AvgIpc) is 2.82. The summed E-state index contributed by atoms with van der Waals surface area (Å²) in [6.07, 6.45) is 1.96. The minimum atomic E-state index is -3.95. The van der Waals surface area contributed by atoms with E-state index < -0.39 is 34.3 Å². The minimum absolute atomic E-state index is 0.0180. The van der Waals surface area contributed by atoms with Crippen molar-refractivity contribution in [1.82, 2.24) is 10.2 Å². The van der Waals surface area contributed by atoms with E-state index in [0.29, 0.717) is 12.0 Å². The van der Waals surface area contributed by atoms with E-state index in [1.165, 1.54) is 48.4 Å². The number of hydrogen-bond acceptors (Lipinski definition) is 5. The molecule has 0 saturated heterocycles. The summed E-state index contributed by atoms with van der Waals surface area (Å²) in [7, 11) is -2.58. The first-order chi connectivity index (χ1) is 16.9. The van der Waals surface area contributed by atoms with Gasteiger partial charge in [0.05, 0.1) is 19.1 Å². The monoisotopic (exact) mass is 541 g/mol. The molecule has 0 aromatic heterocycles. The van der Waals surface area contributed by atoms with Crippen molar-refractivity contribution in [2.75, 3.05) is 24.2 Å². The Morgan fingerprint density at radius 1 is 1.11 bits per heavy atom. The Bertz CT molecular complexity index is 1160. The molecule has 0 aliphatic heterocycles.